The largest absolute Gasteiger partial charge is 0.511 e. The first-order valence-electron chi connectivity index (χ1n) is 4.95. The van der Waals surface area contributed by atoms with Crippen molar-refractivity contribution in [2.45, 2.75) is 43.2 Å². The van der Waals surface area contributed by atoms with Gasteiger partial charge in [0.1, 0.15) is 0 Å². The van der Waals surface area contributed by atoms with Crippen molar-refractivity contribution in [1.29, 1.82) is 0 Å². The Bertz CT molecular complexity index is 333. The van der Waals surface area contributed by atoms with Crippen molar-refractivity contribution in [2.24, 2.45) is 0 Å². The fourth-order valence-corrected chi connectivity index (χ4v) is 2.32. The molecule has 0 spiro atoms. The maximum atomic E-state index is 12.0. The Morgan fingerprint density at radius 2 is 1.69 bits per heavy atom. The Hall–Kier alpha value is -0.340. The number of alkyl halides is 3. The second-order valence-electron chi connectivity index (χ2n) is 4.06. The highest BCUT2D eigenvalue weighted by Gasteiger charge is 2.46. The molecule has 0 amide bonds. The molecule has 4 nitrogen and oxygen atoms in total. The summed E-state index contributed by atoms with van der Waals surface area (Å²) in [6.45, 7) is -0.575. The Balaban J connectivity index is 2.57. The fourth-order valence-electron chi connectivity index (χ4n) is 1.70. The summed E-state index contributed by atoms with van der Waals surface area (Å²) >= 11 is 0. The zero-order chi connectivity index (χ0) is 12.4. The average molecular weight is 261 g/mol. The van der Waals surface area contributed by atoms with Gasteiger partial charge in [-0.05, 0) is 12.8 Å². The van der Waals surface area contributed by atoms with Crippen LogP contribution in [-0.4, -0.2) is 31.2 Å². The van der Waals surface area contributed by atoms with E-state index in [9.17, 15) is 26.7 Å². The second-order valence-corrected chi connectivity index (χ2v) is 5.81. The third kappa shape index (κ3) is 3.33. The number of halogens is 3. The first-order chi connectivity index (χ1) is 7.16. The normalized spacial score (nSPS) is 22.0. The highest BCUT2D eigenvalue weighted by molar-refractivity contribution is 7.90. The average Bonchev–Trinajstić information content (AvgIpc) is 2.15. The van der Waals surface area contributed by atoms with Crippen LogP contribution in [-0.2, 0) is 10.0 Å². The molecule has 0 atom stereocenters. The van der Waals surface area contributed by atoms with E-state index in [1.165, 1.54) is 4.72 Å². The molecule has 0 aromatic heterocycles. The van der Waals surface area contributed by atoms with Crippen LogP contribution in [0.4, 0.5) is 13.2 Å². The molecule has 16 heavy (non-hydrogen) atoms. The van der Waals surface area contributed by atoms with Crippen LogP contribution in [0.15, 0.2) is 0 Å². The number of aliphatic hydroxyl groups is 1. The second kappa shape index (κ2) is 4.50. The van der Waals surface area contributed by atoms with Gasteiger partial charge in [0.05, 0.1) is 5.60 Å². The number of sulfonamides is 1. The maximum absolute atomic E-state index is 12.0. The minimum atomic E-state index is -5.35. The van der Waals surface area contributed by atoms with E-state index in [1.54, 1.807) is 0 Å². The lowest BCUT2D eigenvalue weighted by molar-refractivity contribution is -0.0462. The molecule has 1 aliphatic carbocycles. The monoisotopic (exact) mass is 261 g/mol. The van der Waals surface area contributed by atoms with Crippen LogP contribution < -0.4 is 4.72 Å². The Labute approximate surface area is 91.9 Å². The van der Waals surface area contributed by atoms with Gasteiger partial charge < -0.3 is 5.11 Å². The van der Waals surface area contributed by atoms with Gasteiger partial charge in [-0.15, -0.1) is 0 Å². The number of nitrogens with one attached hydrogen (secondary N) is 1. The first kappa shape index (κ1) is 13.7. The molecule has 0 bridgehead atoms. The molecule has 1 aliphatic rings. The lowest BCUT2D eigenvalue weighted by Crippen LogP contribution is -2.47. The summed E-state index contributed by atoms with van der Waals surface area (Å²) < 4.78 is 58.7. The third-order valence-corrected chi connectivity index (χ3v) is 3.81. The maximum Gasteiger partial charge on any atom is 0.511 e. The van der Waals surface area contributed by atoms with E-state index in [2.05, 4.69) is 0 Å². The summed E-state index contributed by atoms with van der Waals surface area (Å²) in [5.74, 6) is 0. The van der Waals surface area contributed by atoms with E-state index in [0.717, 1.165) is 6.42 Å². The van der Waals surface area contributed by atoms with Crippen molar-refractivity contribution in [3.8, 4) is 0 Å². The van der Waals surface area contributed by atoms with Gasteiger partial charge in [-0.3, -0.25) is 0 Å². The van der Waals surface area contributed by atoms with E-state index in [0.29, 0.717) is 25.7 Å². The Morgan fingerprint density at radius 3 is 2.12 bits per heavy atom. The van der Waals surface area contributed by atoms with Crippen molar-refractivity contribution in [1.82, 2.24) is 4.72 Å². The molecule has 8 heteroatoms. The van der Waals surface area contributed by atoms with Crippen LogP contribution in [0.1, 0.15) is 32.1 Å². The molecular weight excluding hydrogens is 247 g/mol. The molecule has 0 aliphatic heterocycles. The molecule has 1 fully saturated rings. The van der Waals surface area contributed by atoms with E-state index in [4.69, 9.17) is 0 Å². The van der Waals surface area contributed by atoms with Gasteiger partial charge in [-0.1, -0.05) is 19.3 Å². The quantitative estimate of drug-likeness (QED) is 0.800. The number of hydrogen-bond acceptors (Lipinski definition) is 3. The first-order valence-corrected chi connectivity index (χ1v) is 6.43. The zero-order valence-corrected chi connectivity index (χ0v) is 9.36. The highest BCUT2D eigenvalue weighted by Crippen LogP contribution is 2.28. The van der Waals surface area contributed by atoms with Gasteiger partial charge in [0.2, 0.25) is 0 Å². The Kier molecular flexibility index (Phi) is 3.86. The van der Waals surface area contributed by atoms with Crippen molar-refractivity contribution in [3.05, 3.63) is 0 Å². The zero-order valence-electron chi connectivity index (χ0n) is 8.55. The molecule has 2 N–H and O–H groups in total. The number of hydrogen-bond donors (Lipinski definition) is 2. The lowest BCUT2D eigenvalue weighted by Gasteiger charge is -2.32. The van der Waals surface area contributed by atoms with Gasteiger partial charge in [-0.25, -0.2) is 13.1 Å². The lowest BCUT2D eigenvalue weighted by atomic mass is 9.85. The van der Waals surface area contributed by atoms with E-state index in [-0.39, 0.29) is 0 Å². The molecule has 0 heterocycles. The highest BCUT2D eigenvalue weighted by atomic mass is 32.2. The van der Waals surface area contributed by atoms with Crippen LogP contribution in [0.3, 0.4) is 0 Å². The topological polar surface area (TPSA) is 66.4 Å². The van der Waals surface area contributed by atoms with E-state index >= 15 is 0 Å². The SMILES string of the molecule is O=S(=O)(NCC1(O)CCCCC1)C(F)(F)F. The standard InChI is InChI=1S/C8H14F3NO3S/c9-8(10,11)16(14,15)12-6-7(13)4-2-1-3-5-7/h12-13H,1-6H2. The van der Waals surface area contributed by atoms with Gasteiger partial charge in [0.15, 0.2) is 0 Å². The summed E-state index contributed by atoms with van der Waals surface area (Å²) in [6, 6.07) is 0. The molecule has 1 saturated carbocycles. The predicted molar refractivity (Wildman–Crippen MR) is 51.0 cm³/mol. The molecule has 0 aromatic rings. The van der Waals surface area contributed by atoms with Crippen molar-refractivity contribution >= 4 is 10.0 Å². The molecule has 0 saturated heterocycles. The summed E-state index contributed by atoms with van der Waals surface area (Å²) in [5.41, 5.74) is -6.66. The van der Waals surface area contributed by atoms with Crippen LogP contribution in [0.5, 0.6) is 0 Å². The van der Waals surface area contributed by atoms with Gasteiger partial charge >= 0.3 is 15.5 Å². The number of rotatable bonds is 3. The summed E-state index contributed by atoms with van der Waals surface area (Å²) in [7, 11) is -5.35. The molecule has 0 aromatic carbocycles. The van der Waals surface area contributed by atoms with Gasteiger partial charge in [0, 0.05) is 6.54 Å². The minimum Gasteiger partial charge on any atom is -0.389 e. The third-order valence-electron chi connectivity index (χ3n) is 2.68. The predicted octanol–water partition coefficient (Wildman–Crippen LogP) is 1.12. The van der Waals surface area contributed by atoms with Crippen molar-refractivity contribution in [3.63, 3.8) is 0 Å². The molecule has 0 unspecified atom stereocenters. The molecular formula is C8H14F3NO3S. The molecule has 96 valence electrons. The van der Waals surface area contributed by atoms with Gasteiger partial charge in [0.25, 0.3) is 0 Å². The molecule has 1 rings (SSSR count). The minimum absolute atomic E-state index is 0.327. The molecule has 0 radical (unpaired) electrons. The van der Waals surface area contributed by atoms with E-state index in [1.807, 2.05) is 0 Å². The summed E-state index contributed by atoms with van der Waals surface area (Å²) in [6.07, 6.45) is 2.96. The summed E-state index contributed by atoms with van der Waals surface area (Å²) in [4.78, 5) is 0. The van der Waals surface area contributed by atoms with Crippen molar-refractivity contribution in [2.75, 3.05) is 6.54 Å². The van der Waals surface area contributed by atoms with Gasteiger partial charge in [-0.2, -0.15) is 13.2 Å². The Morgan fingerprint density at radius 1 is 1.19 bits per heavy atom. The van der Waals surface area contributed by atoms with E-state index < -0.39 is 27.7 Å². The van der Waals surface area contributed by atoms with Crippen LogP contribution in [0, 0.1) is 0 Å². The van der Waals surface area contributed by atoms with Crippen LogP contribution in [0.2, 0.25) is 0 Å². The van der Waals surface area contributed by atoms with Crippen LogP contribution in [0.25, 0.3) is 0 Å². The fraction of sp³-hybridized carbons (Fsp3) is 1.00. The van der Waals surface area contributed by atoms with Crippen LogP contribution >= 0.6 is 0 Å². The smallest absolute Gasteiger partial charge is 0.389 e. The summed E-state index contributed by atoms with van der Waals surface area (Å²) in [5, 5.41) is 9.81. The van der Waals surface area contributed by atoms with Crippen molar-refractivity contribution < 1.29 is 26.7 Å².